The number of rotatable bonds is 7. The van der Waals surface area contributed by atoms with Gasteiger partial charge in [-0.2, -0.15) is 5.10 Å². The first-order valence-corrected chi connectivity index (χ1v) is 14.8. The molecule has 1 saturated carbocycles. The molecule has 0 bridgehead atoms. The summed E-state index contributed by atoms with van der Waals surface area (Å²) in [6, 6.07) is 7.01. The Balaban J connectivity index is 1.36. The molecule has 1 saturated heterocycles. The molecule has 1 aliphatic heterocycles. The molecule has 5 rings (SSSR count). The number of nitrogens with zero attached hydrogens (tertiary/aromatic N) is 3. The molecule has 0 spiro atoms. The Labute approximate surface area is 230 Å². The molecule has 1 aliphatic carbocycles. The van der Waals surface area contributed by atoms with Crippen molar-refractivity contribution in [3.63, 3.8) is 0 Å². The van der Waals surface area contributed by atoms with Crippen molar-refractivity contribution < 1.29 is 22.4 Å². The van der Waals surface area contributed by atoms with Gasteiger partial charge in [-0.3, -0.25) is 14.3 Å². The van der Waals surface area contributed by atoms with Crippen molar-refractivity contribution in [1.82, 2.24) is 19.4 Å². The van der Waals surface area contributed by atoms with E-state index in [1.54, 1.807) is 34.7 Å². The van der Waals surface area contributed by atoms with E-state index >= 15 is 4.39 Å². The van der Waals surface area contributed by atoms with Gasteiger partial charge < -0.3 is 4.90 Å². The van der Waals surface area contributed by atoms with Crippen molar-refractivity contribution >= 4 is 55.9 Å². The topological polar surface area (TPSA) is 101 Å². The Hall–Kier alpha value is -2.69. The highest BCUT2D eigenvalue weighted by Gasteiger charge is 2.47. The molecule has 1 N–H and O–H groups in total. The van der Waals surface area contributed by atoms with E-state index in [-0.39, 0.29) is 23.4 Å². The van der Waals surface area contributed by atoms with Gasteiger partial charge in [0.05, 0.1) is 28.1 Å². The van der Waals surface area contributed by atoms with Crippen LogP contribution in [0.15, 0.2) is 30.3 Å². The average molecular weight is 581 g/mol. The lowest BCUT2D eigenvalue weighted by Crippen LogP contribution is -2.34. The van der Waals surface area contributed by atoms with Crippen LogP contribution in [0.3, 0.4) is 0 Å². The second kappa shape index (κ2) is 10.1. The lowest BCUT2D eigenvalue weighted by atomic mass is 10.1. The van der Waals surface area contributed by atoms with Gasteiger partial charge >= 0.3 is 0 Å². The minimum Gasteiger partial charge on any atom is -0.336 e. The quantitative estimate of drug-likeness (QED) is 0.417. The van der Waals surface area contributed by atoms with E-state index in [0.717, 1.165) is 12.8 Å². The smallest absolute Gasteiger partial charge is 0.267 e. The Morgan fingerprint density at radius 3 is 2.55 bits per heavy atom. The molecule has 2 aromatic carbocycles. The van der Waals surface area contributed by atoms with Crippen molar-refractivity contribution in [3.8, 4) is 0 Å². The summed E-state index contributed by atoms with van der Waals surface area (Å²) in [5.41, 5.74) is 1.06. The first kappa shape index (κ1) is 26.9. The summed E-state index contributed by atoms with van der Waals surface area (Å²) in [4.78, 5) is 27.5. The molecule has 1 aromatic heterocycles. The van der Waals surface area contributed by atoms with Gasteiger partial charge in [-0.25, -0.2) is 17.5 Å². The zero-order valence-corrected chi connectivity index (χ0v) is 23.2. The van der Waals surface area contributed by atoms with Crippen LogP contribution in [0.2, 0.25) is 10.0 Å². The Kier molecular flexibility index (Phi) is 7.17. The van der Waals surface area contributed by atoms with Crippen molar-refractivity contribution in [2.75, 3.05) is 13.1 Å². The normalized spacial score (nSPS) is 21.2. The van der Waals surface area contributed by atoms with Crippen molar-refractivity contribution in [1.29, 1.82) is 0 Å². The van der Waals surface area contributed by atoms with E-state index in [2.05, 4.69) is 9.82 Å². The van der Waals surface area contributed by atoms with Gasteiger partial charge in [0.2, 0.25) is 10.0 Å². The van der Waals surface area contributed by atoms with Gasteiger partial charge in [-0.05, 0) is 56.4 Å². The van der Waals surface area contributed by atoms with Crippen LogP contribution in [0.5, 0.6) is 0 Å². The molecule has 2 heterocycles. The molecular weight excluding hydrogens is 554 g/mol. The van der Waals surface area contributed by atoms with Crippen molar-refractivity contribution in [2.45, 2.75) is 50.8 Å². The zero-order chi connectivity index (χ0) is 27.4. The first-order chi connectivity index (χ1) is 18.0. The predicted molar refractivity (Wildman–Crippen MR) is 144 cm³/mol. The number of carbonyl (C=O) groups is 2. The van der Waals surface area contributed by atoms with Crippen LogP contribution in [0.4, 0.5) is 4.39 Å². The third-order valence-corrected chi connectivity index (χ3v) is 9.56. The maximum Gasteiger partial charge on any atom is 0.267 e. The van der Waals surface area contributed by atoms with Gasteiger partial charge in [-0.15, -0.1) is 0 Å². The monoisotopic (exact) mass is 580 g/mol. The lowest BCUT2D eigenvalue weighted by molar-refractivity contribution is 0.0787. The molecule has 2 aliphatic rings. The Bertz CT molecular complexity index is 1540. The van der Waals surface area contributed by atoms with Crippen LogP contribution >= 0.6 is 23.2 Å². The second-order valence-corrected chi connectivity index (χ2v) is 12.8. The van der Waals surface area contributed by atoms with Crippen LogP contribution < -0.4 is 4.72 Å². The fourth-order valence-corrected chi connectivity index (χ4v) is 7.47. The number of hydrogen-bond acceptors (Lipinski definition) is 5. The van der Waals surface area contributed by atoms with E-state index < -0.39 is 27.0 Å². The molecular formula is C26H27Cl2FN4O4S. The summed E-state index contributed by atoms with van der Waals surface area (Å²) >= 11 is 12.1. The van der Waals surface area contributed by atoms with Gasteiger partial charge in [0, 0.05) is 40.2 Å². The number of amides is 2. The highest BCUT2D eigenvalue weighted by Crippen LogP contribution is 2.40. The standard InChI is InChI=1S/C26H27Cl2FN4O4S/c1-3-4-15-9-24(15)38(36,37)31-25(34)21-11-20-14(2)30-33(23(20)12-22(21)29)19-5-6-32(13-19)26(35)16-7-17(27)10-18(28)8-16/h7-8,10-12,15,19,24H,3-6,9,13H2,1-2H3,(H,31,34)/t15-,19-,24?/m1/s1. The second-order valence-electron chi connectivity index (χ2n) is 10.0. The van der Waals surface area contributed by atoms with E-state index in [4.69, 9.17) is 23.2 Å². The molecule has 3 aromatic rings. The van der Waals surface area contributed by atoms with Crippen LogP contribution in [-0.2, 0) is 10.0 Å². The molecule has 12 heteroatoms. The summed E-state index contributed by atoms with van der Waals surface area (Å²) < 4.78 is 44.1. The van der Waals surface area contributed by atoms with Crippen LogP contribution in [0.25, 0.3) is 10.9 Å². The van der Waals surface area contributed by atoms with Crippen LogP contribution in [0, 0.1) is 18.7 Å². The lowest BCUT2D eigenvalue weighted by Gasteiger charge is -2.17. The first-order valence-electron chi connectivity index (χ1n) is 12.5. The maximum absolute atomic E-state index is 15.2. The van der Waals surface area contributed by atoms with Crippen molar-refractivity contribution in [3.05, 3.63) is 63.0 Å². The summed E-state index contributed by atoms with van der Waals surface area (Å²) in [6.45, 7) is 4.53. The number of halogens is 3. The summed E-state index contributed by atoms with van der Waals surface area (Å²) in [5, 5.41) is 5.23. The van der Waals surface area contributed by atoms with Gasteiger partial charge in [0.1, 0.15) is 5.82 Å². The van der Waals surface area contributed by atoms with E-state index in [1.807, 2.05) is 6.92 Å². The number of sulfonamides is 1. The molecule has 1 unspecified atom stereocenters. The van der Waals surface area contributed by atoms with E-state index in [1.165, 1.54) is 12.1 Å². The number of fused-ring (bicyclic) bond motifs is 1. The van der Waals surface area contributed by atoms with Crippen LogP contribution in [0.1, 0.15) is 65.1 Å². The summed E-state index contributed by atoms with van der Waals surface area (Å²) in [6.07, 6.45) is 2.74. The number of likely N-dealkylation sites (tertiary alicyclic amines) is 1. The number of benzene rings is 2. The number of hydrogen-bond donors (Lipinski definition) is 1. The minimum absolute atomic E-state index is 0.0341. The number of aromatic nitrogens is 2. The zero-order valence-electron chi connectivity index (χ0n) is 20.9. The molecule has 2 amide bonds. The predicted octanol–water partition coefficient (Wildman–Crippen LogP) is 5.13. The number of aryl methyl sites for hydroxylation is 1. The third kappa shape index (κ3) is 5.13. The van der Waals surface area contributed by atoms with Crippen LogP contribution in [-0.4, -0.2) is 53.3 Å². The molecule has 8 nitrogen and oxygen atoms in total. The minimum atomic E-state index is -3.88. The summed E-state index contributed by atoms with van der Waals surface area (Å²) in [7, 11) is -3.88. The Morgan fingerprint density at radius 2 is 1.87 bits per heavy atom. The van der Waals surface area contributed by atoms with E-state index in [0.29, 0.717) is 58.1 Å². The maximum atomic E-state index is 15.2. The van der Waals surface area contributed by atoms with Gasteiger partial charge in [-0.1, -0.05) is 36.5 Å². The highest BCUT2D eigenvalue weighted by molar-refractivity contribution is 7.91. The molecule has 3 atom stereocenters. The Morgan fingerprint density at radius 1 is 1.16 bits per heavy atom. The molecule has 38 heavy (non-hydrogen) atoms. The number of nitrogens with one attached hydrogen (secondary N) is 1. The van der Waals surface area contributed by atoms with Gasteiger partial charge in [0.25, 0.3) is 11.8 Å². The van der Waals surface area contributed by atoms with Crippen molar-refractivity contribution in [2.24, 2.45) is 5.92 Å². The highest BCUT2D eigenvalue weighted by atomic mass is 35.5. The number of carbonyl (C=O) groups excluding carboxylic acids is 2. The third-order valence-electron chi connectivity index (χ3n) is 7.28. The van der Waals surface area contributed by atoms with E-state index in [9.17, 15) is 18.0 Å². The summed E-state index contributed by atoms with van der Waals surface area (Å²) in [5.74, 6) is -2.01. The fraction of sp³-hybridized carbons (Fsp3) is 0.423. The molecule has 2 fully saturated rings. The largest absolute Gasteiger partial charge is 0.336 e. The SMILES string of the molecule is CCC[C@@H]1CC1S(=O)(=O)NC(=O)c1cc2c(C)nn([C@@H]3CCN(C(=O)c4cc(Cl)cc(Cl)c4)C3)c2cc1F. The molecule has 202 valence electrons. The average Bonchev–Trinajstić information content (AvgIpc) is 3.34. The molecule has 0 radical (unpaired) electrons. The van der Waals surface area contributed by atoms with Gasteiger partial charge in [0.15, 0.2) is 0 Å². The fourth-order valence-electron chi connectivity index (χ4n) is 5.28.